The van der Waals surface area contributed by atoms with E-state index in [-0.39, 0.29) is 12.1 Å². The third-order valence-corrected chi connectivity index (χ3v) is 1.48. The summed E-state index contributed by atoms with van der Waals surface area (Å²) in [6, 6.07) is 0. The molecule has 1 unspecified atom stereocenters. The van der Waals surface area contributed by atoms with Gasteiger partial charge in [-0.15, -0.1) is 6.58 Å². The molecule has 0 aromatic heterocycles. The quantitative estimate of drug-likeness (QED) is 0.389. The molecule has 1 atom stereocenters. The lowest BCUT2D eigenvalue weighted by Gasteiger charge is -2.19. The molecule has 0 fully saturated rings. The van der Waals surface area contributed by atoms with Gasteiger partial charge in [0.05, 0.1) is 6.17 Å². The minimum atomic E-state index is -0.138. The normalized spacial score (nSPS) is 10.9. The maximum atomic E-state index is 10.7. The molecular formula is C10H21N3O. The van der Waals surface area contributed by atoms with Crippen molar-refractivity contribution in [1.29, 1.82) is 0 Å². The Balaban J connectivity index is 0. The Hall–Kier alpha value is -1.13. The molecule has 0 aliphatic carbocycles. The van der Waals surface area contributed by atoms with E-state index in [1.54, 1.807) is 6.08 Å². The summed E-state index contributed by atoms with van der Waals surface area (Å²) in [6.07, 6.45) is 2.98. The summed E-state index contributed by atoms with van der Waals surface area (Å²) in [5.41, 5.74) is 4.91. The second-order valence-corrected chi connectivity index (χ2v) is 2.88. The summed E-state index contributed by atoms with van der Waals surface area (Å²) in [5.74, 6) is -0.138. The van der Waals surface area contributed by atoms with Gasteiger partial charge in [0.25, 0.3) is 0 Å². The summed E-state index contributed by atoms with van der Waals surface area (Å²) < 4.78 is 0. The Morgan fingerprint density at radius 2 is 2.00 bits per heavy atom. The standard InChI is InChI=1S/C7H14N2O.C3H7N/c1-5-7(10)8-6(2)9(3)4;1-2-3-4/h5-6H,1H2,2-4H3,(H,8,10);2H,1,3-4H2. The summed E-state index contributed by atoms with van der Waals surface area (Å²) >= 11 is 0. The first-order chi connectivity index (χ1) is 6.49. The van der Waals surface area contributed by atoms with Gasteiger partial charge in [0, 0.05) is 6.54 Å². The van der Waals surface area contributed by atoms with Gasteiger partial charge in [0.2, 0.25) is 5.91 Å². The van der Waals surface area contributed by atoms with Gasteiger partial charge in [-0.25, -0.2) is 0 Å². The molecule has 3 N–H and O–H groups in total. The average Bonchev–Trinajstić information content (AvgIpc) is 2.17. The van der Waals surface area contributed by atoms with Gasteiger partial charge in [0.15, 0.2) is 0 Å². The zero-order valence-corrected chi connectivity index (χ0v) is 9.29. The van der Waals surface area contributed by atoms with Crippen LogP contribution in [0.25, 0.3) is 0 Å². The third kappa shape index (κ3) is 10.9. The number of carbonyl (C=O) groups excluding carboxylic acids is 1. The predicted octanol–water partition coefficient (Wildman–Crippen LogP) is 0.327. The van der Waals surface area contributed by atoms with Gasteiger partial charge >= 0.3 is 0 Å². The van der Waals surface area contributed by atoms with Gasteiger partial charge in [-0.3, -0.25) is 9.69 Å². The molecule has 0 aromatic rings. The average molecular weight is 199 g/mol. The number of amides is 1. The Kier molecular flexibility index (Phi) is 10.9. The maximum Gasteiger partial charge on any atom is 0.244 e. The van der Waals surface area contributed by atoms with Crippen molar-refractivity contribution >= 4 is 5.91 Å². The first-order valence-electron chi connectivity index (χ1n) is 4.39. The molecule has 0 aliphatic rings. The van der Waals surface area contributed by atoms with Crippen molar-refractivity contribution in [2.45, 2.75) is 13.1 Å². The largest absolute Gasteiger partial charge is 0.337 e. The van der Waals surface area contributed by atoms with E-state index in [4.69, 9.17) is 5.73 Å². The fourth-order valence-corrected chi connectivity index (χ4v) is 0.394. The van der Waals surface area contributed by atoms with Crippen LogP contribution in [0.4, 0.5) is 0 Å². The van der Waals surface area contributed by atoms with E-state index < -0.39 is 0 Å². The predicted molar refractivity (Wildman–Crippen MR) is 60.7 cm³/mol. The van der Waals surface area contributed by atoms with Gasteiger partial charge < -0.3 is 11.1 Å². The molecule has 0 radical (unpaired) electrons. The lowest BCUT2D eigenvalue weighted by Crippen LogP contribution is -2.41. The molecule has 1 amide bonds. The number of nitrogens with one attached hydrogen (secondary N) is 1. The molecule has 0 heterocycles. The maximum absolute atomic E-state index is 10.7. The highest BCUT2D eigenvalue weighted by atomic mass is 16.1. The molecule has 4 heteroatoms. The van der Waals surface area contributed by atoms with Crippen LogP contribution in [-0.4, -0.2) is 37.6 Å². The molecule has 0 rings (SSSR count). The van der Waals surface area contributed by atoms with Crippen molar-refractivity contribution in [3.63, 3.8) is 0 Å². The van der Waals surface area contributed by atoms with Crippen molar-refractivity contribution in [1.82, 2.24) is 10.2 Å². The van der Waals surface area contributed by atoms with E-state index in [0.717, 1.165) is 0 Å². The van der Waals surface area contributed by atoms with Crippen LogP contribution in [0, 0.1) is 0 Å². The molecule has 0 saturated carbocycles. The van der Waals surface area contributed by atoms with Gasteiger partial charge in [-0.05, 0) is 27.1 Å². The molecule has 0 aromatic carbocycles. The van der Waals surface area contributed by atoms with Gasteiger partial charge in [0.1, 0.15) is 0 Å². The van der Waals surface area contributed by atoms with Crippen LogP contribution >= 0.6 is 0 Å². The Bertz CT molecular complexity index is 178. The number of hydrogen-bond acceptors (Lipinski definition) is 3. The highest BCUT2D eigenvalue weighted by molar-refractivity contribution is 5.86. The van der Waals surface area contributed by atoms with Crippen LogP contribution in [-0.2, 0) is 4.79 Å². The van der Waals surface area contributed by atoms with E-state index in [2.05, 4.69) is 18.5 Å². The van der Waals surface area contributed by atoms with Crippen LogP contribution in [0.2, 0.25) is 0 Å². The van der Waals surface area contributed by atoms with Crippen LogP contribution in [0.15, 0.2) is 25.3 Å². The number of carbonyl (C=O) groups is 1. The van der Waals surface area contributed by atoms with Crippen molar-refractivity contribution in [2.24, 2.45) is 5.73 Å². The topological polar surface area (TPSA) is 58.4 Å². The number of rotatable bonds is 4. The molecule has 0 bridgehead atoms. The Labute approximate surface area is 86.5 Å². The van der Waals surface area contributed by atoms with Crippen LogP contribution in [0.5, 0.6) is 0 Å². The number of nitrogens with zero attached hydrogens (tertiary/aromatic N) is 1. The lowest BCUT2D eigenvalue weighted by atomic mass is 10.4. The van der Waals surface area contributed by atoms with Gasteiger partial charge in [-0.2, -0.15) is 0 Å². The molecule has 0 aliphatic heterocycles. The van der Waals surface area contributed by atoms with E-state index in [1.165, 1.54) is 6.08 Å². The lowest BCUT2D eigenvalue weighted by molar-refractivity contribution is -0.117. The first kappa shape index (κ1) is 15.3. The Morgan fingerprint density at radius 1 is 1.57 bits per heavy atom. The number of nitrogens with two attached hydrogens (primary N) is 1. The Morgan fingerprint density at radius 3 is 2.21 bits per heavy atom. The van der Waals surface area contributed by atoms with E-state index in [9.17, 15) is 4.79 Å². The van der Waals surface area contributed by atoms with Crippen molar-refractivity contribution < 1.29 is 4.79 Å². The zero-order valence-electron chi connectivity index (χ0n) is 9.29. The minimum Gasteiger partial charge on any atom is -0.337 e. The zero-order chi connectivity index (χ0) is 11.6. The monoisotopic (exact) mass is 199 g/mol. The molecule has 0 saturated heterocycles. The third-order valence-electron chi connectivity index (χ3n) is 1.48. The highest BCUT2D eigenvalue weighted by Crippen LogP contribution is 1.84. The van der Waals surface area contributed by atoms with Crippen LogP contribution in [0.3, 0.4) is 0 Å². The molecule has 82 valence electrons. The summed E-state index contributed by atoms with van der Waals surface area (Å²) in [5, 5.41) is 2.70. The SMILES string of the molecule is C=CC(=O)NC(C)N(C)C.C=CCN. The fraction of sp³-hybridized carbons (Fsp3) is 0.500. The summed E-state index contributed by atoms with van der Waals surface area (Å²) in [4.78, 5) is 12.6. The van der Waals surface area contributed by atoms with E-state index in [1.807, 2.05) is 25.9 Å². The second-order valence-electron chi connectivity index (χ2n) is 2.88. The van der Waals surface area contributed by atoms with E-state index in [0.29, 0.717) is 6.54 Å². The molecule has 4 nitrogen and oxygen atoms in total. The minimum absolute atomic E-state index is 0.0606. The van der Waals surface area contributed by atoms with Crippen LogP contribution < -0.4 is 11.1 Å². The fourth-order valence-electron chi connectivity index (χ4n) is 0.394. The van der Waals surface area contributed by atoms with E-state index >= 15 is 0 Å². The van der Waals surface area contributed by atoms with Crippen molar-refractivity contribution in [3.8, 4) is 0 Å². The smallest absolute Gasteiger partial charge is 0.244 e. The van der Waals surface area contributed by atoms with Gasteiger partial charge in [-0.1, -0.05) is 12.7 Å². The molecule has 0 spiro atoms. The molecule has 14 heavy (non-hydrogen) atoms. The summed E-state index contributed by atoms with van der Waals surface area (Å²) in [7, 11) is 3.79. The highest BCUT2D eigenvalue weighted by Gasteiger charge is 2.04. The van der Waals surface area contributed by atoms with Crippen molar-refractivity contribution in [3.05, 3.63) is 25.3 Å². The molecular weight excluding hydrogens is 178 g/mol. The second kappa shape index (κ2) is 9.95. The number of hydrogen-bond donors (Lipinski definition) is 2. The van der Waals surface area contributed by atoms with Crippen LogP contribution in [0.1, 0.15) is 6.92 Å². The first-order valence-corrected chi connectivity index (χ1v) is 4.39. The van der Waals surface area contributed by atoms with Crippen molar-refractivity contribution in [2.75, 3.05) is 20.6 Å². The summed E-state index contributed by atoms with van der Waals surface area (Å²) in [6.45, 7) is 9.18.